The van der Waals surface area contributed by atoms with Crippen molar-refractivity contribution in [1.29, 1.82) is 0 Å². The molecule has 3 rings (SSSR count). The first kappa shape index (κ1) is 19.2. The summed E-state index contributed by atoms with van der Waals surface area (Å²) < 4.78 is 5.01. The molecule has 2 fully saturated rings. The number of rotatable bonds is 6. The van der Waals surface area contributed by atoms with E-state index in [0.717, 1.165) is 12.8 Å². The van der Waals surface area contributed by atoms with Crippen LogP contribution in [0.4, 0.5) is 0 Å². The van der Waals surface area contributed by atoms with Crippen molar-refractivity contribution in [3.63, 3.8) is 0 Å². The molecule has 142 valence electrons. The molecule has 0 spiro atoms. The van der Waals surface area contributed by atoms with Gasteiger partial charge in [-0.2, -0.15) is 0 Å². The summed E-state index contributed by atoms with van der Waals surface area (Å²) >= 11 is 1.77. The summed E-state index contributed by atoms with van der Waals surface area (Å²) in [5.74, 6) is 1.05. The van der Waals surface area contributed by atoms with Gasteiger partial charge >= 0.3 is 0 Å². The number of hydrogen-bond donors (Lipinski definition) is 1. The number of hydrogen-bond acceptors (Lipinski definition) is 4. The lowest BCUT2D eigenvalue weighted by Gasteiger charge is -2.35. The number of benzene rings is 1. The van der Waals surface area contributed by atoms with Crippen molar-refractivity contribution in [2.45, 2.75) is 43.5 Å². The van der Waals surface area contributed by atoms with E-state index < -0.39 is 6.04 Å². The Bertz CT molecular complexity index is 604. The average molecular weight is 377 g/mol. The van der Waals surface area contributed by atoms with E-state index in [0.29, 0.717) is 30.4 Å². The number of amides is 2. The number of ether oxygens (including phenoxy) is 1. The van der Waals surface area contributed by atoms with Crippen LogP contribution in [0.25, 0.3) is 0 Å². The molecule has 5 nitrogen and oxygen atoms in total. The van der Waals surface area contributed by atoms with Crippen LogP contribution in [0.1, 0.15) is 42.5 Å². The van der Waals surface area contributed by atoms with E-state index in [4.69, 9.17) is 4.74 Å². The minimum Gasteiger partial charge on any atom is -0.383 e. The third kappa shape index (κ3) is 4.41. The number of thioether (sulfide) groups is 1. The second-order valence-electron chi connectivity index (χ2n) is 7.00. The highest BCUT2D eigenvalue weighted by Crippen LogP contribution is 2.41. The third-order valence-electron chi connectivity index (χ3n) is 5.25. The highest BCUT2D eigenvalue weighted by molar-refractivity contribution is 8.00. The van der Waals surface area contributed by atoms with Crippen LogP contribution in [-0.2, 0) is 9.53 Å². The second kappa shape index (κ2) is 9.42. The number of carbonyl (C=O) groups excluding carboxylic acids is 2. The van der Waals surface area contributed by atoms with Crippen LogP contribution in [0.15, 0.2) is 30.3 Å². The standard InChI is InChI=1S/C20H28N2O3S/c1-25-13-12-21-18(23)17-14-26-20(16-10-6-3-7-11-16)22(17)19(24)15-8-4-2-5-9-15/h2,4-5,8-9,16-17,20H,3,6-7,10-14H2,1H3,(H,21,23)/t17-,20-/m0/s1. The number of nitrogens with one attached hydrogen (secondary N) is 1. The zero-order valence-corrected chi connectivity index (χ0v) is 16.2. The Balaban J connectivity index is 1.79. The van der Waals surface area contributed by atoms with E-state index in [2.05, 4.69) is 5.32 Å². The van der Waals surface area contributed by atoms with Gasteiger partial charge in [-0.25, -0.2) is 0 Å². The van der Waals surface area contributed by atoms with E-state index in [-0.39, 0.29) is 17.2 Å². The summed E-state index contributed by atoms with van der Waals surface area (Å²) in [5.41, 5.74) is 0.658. The van der Waals surface area contributed by atoms with Gasteiger partial charge in [-0.1, -0.05) is 37.5 Å². The smallest absolute Gasteiger partial charge is 0.255 e. The molecule has 1 saturated heterocycles. The fourth-order valence-electron chi connectivity index (χ4n) is 3.89. The van der Waals surface area contributed by atoms with Crippen molar-refractivity contribution in [2.75, 3.05) is 26.0 Å². The van der Waals surface area contributed by atoms with E-state index >= 15 is 0 Å². The monoisotopic (exact) mass is 376 g/mol. The largest absolute Gasteiger partial charge is 0.383 e. The molecule has 1 saturated carbocycles. The molecule has 2 atom stereocenters. The van der Waals surface area contributed by atoms with Crippen LogP contribution in [0, 0.1) is 5.92 Å². The van der Waals surface area contributed by atoms with Crippen molar-refractivity contribution in [2.24, 2.45) is 5.92 Å². The van der Waals surface area contributed by atoms with Crippen LogP contribution in [-0.4, -0.2) is 54.1 Å². The van der Waals surface area contributed by atoms with Crippen molar-refractivity contribution < 1.29 is 14.3 Å². The molecule has 26 heavy (non-hydrogen) atoms. The molecule has 1 aromatic rings. The molecule has 1 aromatic carbocycles. The normalized spacial score (nSPS) is 23.8. The van der Waals surface area contributed by atoms with Crippen LogP contribution in [0.5, 0.6) is 0 Å². The van der Waals surface area contributed by atoms with Crippen molar-refractivity contribution in [1.82, 2.24) is 10.2 Å². The quantitative estimate of drug-likeness (QED) is 0.776. The average Bonchev–Trinajstić information content (AvgIpc) is 3.14. The maximum Gasteiger partial charge on any atom is 0.255 e. The molecular weight excluding hydrogens is 348 g/mol. The summed E-state index contributed by atoms with van der Waals surface area (Å²) in [5, 5.41) is 3.01. The van der Waals surface area contributed by atoms with Gasteiger partial charge in [-0.3, -0.25) is 9.59 Å². The van der Waals surface area contributed by atoms with Crippen molar-refractivity contribution in [3.05, 3.63) is 35.9 Å². The van der Waals surface area contributed by atoms with Crippen LogP contribution < -0.4 is 5.32 Å². The van der Waals surface area contributed by atoms with Crippen LogP contribution >= 0.6 is 11.8 Å². The maximum atomic E-state index is 13.3. The highest BCUT2D eigenvalue weighted by Gasteiger charge is 2.44. The van der Waals surface area contributed by atoms with Gasteiger partial charge in [0.25, 0.3) is 5.91 Å². The Labute approximate surface area is 159 Å². The Hall–Kier alpha value is -1.53. The molecule has 1 heterocycles. The van der Waals surface area contributed by atoms with Gasteiger partial charge in [-0.15, -0.1) is 11.8 Å². The maximum absolute atomic E-state index is 13.3. The molecule has 1 aliphatic carbocycles. The zero-order valence-electron chi connectivity index (χ0n) is 15.4. The summed E-state index contributed by atoms with van der Waals surface area (Å²) in [6, 6.07) is 8.92. The molecule has 0 aromatic heterocycles. The molecule has 2 amide bonds. The SMILES string of the molecule is COCCNC(=O)[C@@H]1CS[C@@H](C2CCCCC2)N1C(=O)c1ccccc1. The van der Waals surface area contributed by atoms with Gasteiger partial charge in [0.1, 0.15) is 6.04 Å². The Morgan fingerprint density at radius 1 is 1.19 bits per heavy atom. The number of methoxy groups -OCH3 is 1. The van der Waals surface area contributed by atoms with E-state index in [1.54, 1.807) is 18.9 Å². The Kier molecular flexibility index (Phi) is 6.97. The molecule has 6 heteroatoms. The van der Waals surface area contributed by atoms with Gasteiger partial charge in [0.15, 0.2) is 0 Å². The lowest BCUT2D eigenvalue weighted by molar-refractivity contribution is -0.125. The Morgan fingerprint density at radius 3 is 2.62 bits per heavy atom. The van der Waals surface area contributed by atoms with Gasteiger partial charge in [0.05, 0.1) is 12.0 Å². The van der Waals surface area contributed by atoms with E-state index in [1.807, 2.05) is 35.2 Å². The lowest BCUT2D eigenvalue weighted by atomic mass is 9.88. The second-order valence-corrected chi connectivity index (χ2v) is 8.15. The van der Waals surface area contributed by atoms with Crippen LogP contribution in [0.3, 0.4) is 0 Å². The van der Waals surface area contributed by atoms with Gasteiger partial charge in [-0.05, 0) is 30.9 Å². The topological polar surface area (TPSA) is 58.6 Å². The predicted molar refractivity (Wildman–Crippen MR) is 104 cm³/mol. The summed E-state index contributed by atoms with van der Waals surface area (Å²) in [4.78, 5) is 27.8. The first-order valence-corrected chi connectivity index (χ1v) is 10.5. The minimum atomic E-state index is -0.406. The molecule has 0 radical (unpaired) electrons. The molecule has 1 N–H and O–H groups in total. The fourth-order valence-corrected chi connectivity index (χ4v) is 5.53. The Morgan fingerprint density at radius 2 is 1.92 bits per heavy atom. The molecule has 0 unspecified atom stereocenters. The lowest BCUT2D eigenvalue weighted by Crippen LogP contribution is -2.51. The summed E-state index contributed by atoms with van der Waals surface area (Å²) in [6.45, 7) is 0.947. The molecule has 0 bridgehead atoms. The van der Waals surface area contributed by atoms with Crippen molar-refractivity contribution >= 4 is 23.6 Å². The molecule has 1 aliphatic heterocycles. The van der Waals surface area contributed by atoms with Crippen molar-refractivity contribution in [3.8, 4) is 0 Å². The molecule has 2 aliphatic rings. The summed E-state index contributed by atoms with van der Waals surface area (Å²) in [7, 11) is 1.61. The third-order valence-corrected chi connectivity index (χ3v) is 6.71. The van der Waals surface area contributed by atoms with Gasteiger partial charge in [0, 0.05) is 25.0 Å². The molecular formula is C20H28N2O3S. The number of carbonyl (C=O) groups is 2. The van der Waals surface area contributed by atoms with E-state index in [9.17, 15) is 9.59 Å². The van der Waals surface area contributed by atoms with Gasteiger partial charge < -0.3 is 15.0 Å². The zero-order chi connectivity index (χ0) is 18.4. The predicted octanol–water partition coefficient (Wildman–Crippen LogP) is 2.91. The number of nitrogens with zero attached hydrogens (tertiary/aromatic N) is 1. The van der Waals surface area contributed by atoms with Crippen LogP contribution in [0.2, 0.25) is 0 Å². The first-order chi connectivity index (χ1) is 12.7. The first-order valence-electron chi connectivity index (χ1n) is 9.48. The summed E-state index contributed by atoms with van der Waals surface area (Å²) in [6.07, 6.45) is 6.02. The van der Waals surface area contributed by atoms with Gasteiger partial charge in [0.2, 0.25) is 5.91 Å². The minimum absolute atomic E-state index is 0.0296. The highest BCUT2D eigenvalue weighted by atomic mass is 32.2. The van der Waals surface area contributed by atoms with E-state index in [1.165, 1.54) is 19.3 Å². The fraction of sp³-hybridized carbons (Fsp3) is 0.600.